The van der Waals surface area contributed by atoms with Crippen molar-refractivity contribution >= 4 is 11.9 Å². The molecule has 4 heteroatoms. The Bertz CT molecular complexity index is 423. The third-order valence-electron chi connectivity index (χ3n) is 2.83. The average Bonchev–Trinajstić information content (AvgIpc) is 2.42. The fraction of sp³-hybridized carbons (Fsp3) is 0.500. The van der Waals surface area contributed by atoms with Gasteiger partial charge in [-0.3, -0.25) is 4.79 Å². The predicted octanol–water partition coefficient (Wildman–Crippen LogP) is 3.74. The molecule has 0 aliphatic heterocycles. The second-order valence-corrected chi connectivity index (χ2v) is 4.67. The van der Waals surface area contributed by atoms with Crippen molar-refractivity contribution in [2.24, 2.45) is 0 Å². The van der Waals surface area contributed by atoms with E-state index in [1.165, 1.54) is 26.2 Å². The average molecular weight is 278 g/mol. The SMILES string of the molecule is CCCCCCCOC(=O)c1ccc(OC(C)=O)cc1. The summed E-state index contributed by atoms with van der Waals surface area (Å²) in [5.74, 6) is -0.295. The van der Waals surface area contributed by atoms with Crippen molar-refractivity contribution in [1.82, 2.24) is 0 Å². The number of hydrogen-bond donors (Lipinski definition) is 0. The molecule has 0 saturated heterocycles. The van der Waals surface area contributed by atoms with E-state index in [1.807, 2.05) is 0 Å². The van der Waals surface area contributed by atoms with Crippen LogP contribution in [0.1, 0.15) is 56.3 Å². The smallest absolute Gasteiger partial charge is 0.338 e. The van der Waals surface area contributed by atoms with E-state index >= 15 is 0 Å². The zero-order valence-electron chi connectivity index (χ0n) is 12.2. The third-order valence-corrected chi connectivity index (χ3v) is 2.83. The highest BCUT2D eigenvalue weighted by molar-refractivity contribution is 5.89. The molecule has 0 spiro atoms. The molecule has 0 radical (unpaired) electrons. The lowest BCUT2D eigenvalue weighted by atomic mass is 10.2. The molecule has 0 aliphatic carbocycles. The van der Waals surface area contributed by atoms with Gasteiger partial charge in [0.25, 0.3) is 0 Å². The van der Waals surface area contributed by atoms with Crippen LogP contribution in [0.25, 0.3) is 0 Å². The molecule has 1 aromatic carbocycles. The van der Waals surface area contributed by atoms with Gasteiger partial charge in [0, 0.05) is 6.92 Å². The van der Waals surface area contributed by atoms with Crippen LogP contribution in [-0.2, 0) is 9.53 Å². The highest BCUT2D eigenvalue weighted by Crippen LogP contribution is 2.13. The maximum atomic E-state index is 11.7. The first-order chi connectivity index (χ1) is 9.63. The summed E-state index contributed by atoms with van der Waals surface area (Å²) in [6.45, 7) is 3.95. The molecule has 0 amide bonds. The van der Waals surface area contributed by atoms with Gasteiger partial charge in [-0.1, -0.05) is 32.6 Å². The first kappa shape index (κ1) is 16.2. The van der Waals surface area contributed by atoms with Gasteiger partial charge in [-0.25, -0.2) is 4.79 Å². The summed E-state index contributed by atoms with van der Waals surface area (Å²) in [4.78, 5) is 22.5. The summed E-state index contributed by atoms with van der Waals surface area (Å²) < 4.78 is 10.1. The minimum Gasteiger partial charge on any atom is -0.462 e. The number of rotatable bonds is 8. The minimum atomic E-state index is -0.382. The molecular formula is C16H22O4. The van der Waals surface area contributed by atoms with Crippen molar-refractivity contribution in [2.75, 3.05) is 6.61 Å². The number of ether oxygens (including phenoxy) is 2. The molecule has 4 nitrogen and oxygen atoms in total. The molecule has 20 heavy (non-hydrogen) atoms. The highest BCUT2D eigenvalue weighted by Gasteiger charge is 2.07. The summed E-state index contributed by atoms with van der Waals surface area (Å²) >= 11 is 0. The molecule has 1 aromatic rings. The molecule has 0 aliphatic rings. The van der Waals surface area contributed by atoms with Crippen molar-refractivity contribution in [3.05, 3.63) is 29.8 Å². The van der Waals surface area contributed by atoms with Crippen molar-refractivity contribution in [2.45, 2.75) is 46.0 Å². The van der Waals surface area contributed by atoms with E-state index in [9.17, 15) is 9.59 Å². The van der Waals surface area contributed by atoms with Crippen LogP contribution in [0.4, 0.5) is 0 Å². The van der Waals surface area contributed by atoms with Gasteiger partial charge in [-0.2, -0.15) is 0 Å². The molecule has 0 N–H and O–H groups in total. The molecule has 0 bridgehead atoms. The molecule has 0 fully saturated rings. The Kier molecular flexibility index (Phi) is 7.40. The van der Waals surface area contributed by atoms with Crippen LogP contribution in [0.15, 0.2) is 24.3 Å². The molecule has 110 valence electrons. The first-order valence-corrected chi connectivity index (χ1v) is 7.09. The highest BCUT2D eigenvalue weighted by atomic mass is 16.5. The Labute approximate surface area is 120 Å². The quantitative estimate of drug-likeness (QED) is 0.413. The monoisotopic (exact) mass is 278 g/mol. The van der Waals surface area contributed by atoms with E-state index < -0.39 is 0 Å². The van der Waals surface area contributed by atoms with Gasteiger partial charge in [0.2, 0.25) is 0 Å². The number of benzene rings is 1. The number of carbonyl (C=O) groups excluding carboxylic acids is 2. The van der Waals surface area contributed by atoms with E-state index in [2.05, 4.69) is 6.92 Å². The fourth-order valence-corrected chi connectivity index (χ4v) is 1.78. The second kappa shape index (κ2) is 9.13. The zero-order chi connectivity index (χ0) is 14.8. The van der Waals surface area contributed by atoms with Crippen LogP contribution in [0.3, 0.4) is 0 Å². The largest absolute Gasteiger partial charge is 0.462 e. The van der Waals surface area contributed by atoms with E-state index in [-0.39, 0.29) is 11.9 Å². The zero-order valence-corrected chi connectivity index (χ0v) is 12.2. The van der Waals surface area contributed by atoms with Gasteiger partial charge in [0.1, 0.15) is 5.75 Å². The van der Waals surface area contributed by atoms with Crippen LogP contribution in [0.5, 0.6) is 5.75 Å². The molecule has 0 atom stereocenters. The van der Waals surface area contributed by atoms with Gasteiger partial charge in [0.05, 0.1) is 12.2 Å². The molecule has 1 rings (SSSR count). The van der Waals surface area contributed by atoms with Gasteiger partial charge in [0.15, 0.2) is 0 Å². The van der Waals surface area contributed by atoms with Gasteiger partial charge < -0.3 is 9.47 Å². The molecule has 0 unspecified atom stereocenters. The lowest BCUT2D eigenvalue weighted by molar-refractivity contribution is -0.131. The summed E-state index contributed by atoms with van der Waals surface area (Å²) in [5, 5.41) is 0. The number of hydrogen-bond acceptors (Lipinski definition) is 4. The molecule has 0 aromatic heterocycles. The molecular weight excluding hydrogens is 256 g/mol. The lowest BCUT2D eigenvalue weighted by Crippen LogP contribution is -2.07. The van der Waals surface area contributed by atoms with Crippen LogP contribution in [-0.4, -0.2) is 18.5 Å². The van der Waals surface area contributed by atoms with E-state index in [0.29, 0.717) is 17.9 Å². The van der Waals surface area contributed by atoms with Gasteiger partial charge in [-0.05, 0) is 30.7 Å². The predicted molar refractivity (Wildman–Crippen MR) is 76.8 cm³/mol. The van der Waals surface area contributed by atoms with Crippen molar-refractivity contribution in [1.29, 1.82) is 0 Å². The van der Waals surface area contributed by atoms with Crippen molar-refractivity contribution < 1.29 is 19.1 Å². The normalized spacial score (nSPS) is 10.1. The maximum Gasteiger partial charge on any atom is 0.338 e. The number of esters is 2. The molecule has 0 saturated carbocycles. The van der Waals surface area contributed by atoms with Gasteiger partial charge in [-0.15, -0.1) is 0 Å². The Hall–Kier alpha value is -1.84. The second-order valence-electron chi connectivity index (χ2n) is 4.67. The Morgan fingerprint density at radius 3 is 2.25 bits per heavy atom. The topological polar surface area (TPSA) is 52.6 Å². The third kappa shape index (κ3) is 6.36. The fourth-order valence-electron chi connectivity index (χ4n) is 1.78. The Morgan fingerprint density at radius 2 is 1.65 bits per heavy atom. The van der Waals surface area contributed by atoms with Crippen LogP contribution in [0, 0.1) is 0 Å². The first-order valence-electron chi connectivity index (χ1n) is 7.09. The lowest BCUT2D eigenvalue weighted by Gasteiger charge is -2.06. The standard InChI is InChI=1S/C16H22O4/c1-3-4-5-6-7-12-19-16(18)14-8-10-15(11-9-14)20-13(2)17/h8-11H,3-7,12H2,1-2H3. The van der Waals surface area contributed by atoms with Crippen molar-refractivity contribution in [3.8, 4) is 5.75 Å². The molecule has 0 heterocycles. The maximum absolute atomic E-state index is 11.7. The number of unbranched alkanes of at least 4 members (excludes halogenated alkanes) is 4. The summed E-state index contributed by atoms with van der Waals surface area (Å²) in [5.41, 5.74) is 0.467. The summed E-state index contributed by atoms with van der Waals surface area (Å²) in [6.07, 6.45) is 5.61. The van der Waals surface area contributed by atoms with Crippen LogP contribution in [0.2, 0.25) is 0 Å². The van der Waals surface area contributed by atoms with Crippen molar-refractivity contribution in [3.63, 3.8) is 0 Å². The summed E-state index contributed by atoms with van der Waals surface area (Å²) in [6, 6.07) is 6.36. The van der Waals surface area contributed by atoms with E-state index in [0.717, 1.165) is 12.8 Å². The number of carbonyl (C=O) groups is 2. The Balaban J connectivity index is 2.30. The Morgan fingerprint density at radius 1 is 1.00 bits per heavy atom. The van der Waals surface area contributed by atoms with E-state index in [1.54, 1.807) is 24.3 Å². The van der Waals surface area contributed by atoms with Gasteiger partial charge >= 0.3 is 11.9 Å². The van der Waals surface area contributed by atoms with Crippen LogP contribution < -0.4 is 4.74 Å². The van der Waals surface area contributed by atoms with E-state index in [4.69, 9.17) is 9.47 Å². The summed E-state index contributed by atoms with van der Waals surface area (Å²) in [7, 11) is 0. The van der Waals surface area contributed by atoms with Crippen LogP contribution >= 0.6 is 0 Å². The minimum absolute atomic E-state index is 0.338.